The molecule has 0 aliphatic heterocycles. The number of urea groups is 1. The van der Waals surface area contributed by atoms with E-state index in [1.165, 1.54) is 11.3 Å². The second-order valence-corrected chi connectivity index (χ2v) is 8.15. The summed E-state index contributed by atoms with van der Waals surface area (Å²) in [6.45, 7) is 3.87. The van der Waals surface area contributed by atoms with Crippen LogP contribution in [0.1, 0.15) is 20.3 Å². The maximum absolute atomic E-state index is 12.9. The zero-order valence-corrected chi connectivity index (χ0v) is 18.1. The maximum atomic E-state index is 12.9. The first kappa shape index (κ1) is 21.7. The fourth-order valence-corrected chi connectivity index (χ4v) is 3.58. The molecule has 2 atom stereocenters. The van der Waals surface area contributed by atoms with Crippen molar-refractivity contribution < 1.29 is 9.59 Å². The van der Waals surface area contributed by atoms with Crippen molar-refractivity contribution in [2.75, 3.05) is 10.6 Å². The minimum absolute atomic E-state index is 0.0739. The second-order valence-electron chi connectivity index (χ2n) is 6.74. The number of nitrogens with one attached hydrogen (secondary N) is 3. The third-order valence-electron chi connectivity index (χ3n) is 4.56. The van der Waals surface area contributed by atoms with Gasteiger partial charge in [0.15, 0.2) is 0 Å². The summed E-state index contributed by atoms with van der Waals surface area (Å²) in [4.78, 5) is 25.2. The fraction of sp³-hybridized carbons (Fsp3) is 0.238. The summed E-state index contributed by atoms with van der Waals surface area (Å²) in [5.41, 5.74) is 1.51. The molecule has 0 spiro atoms. The van der Waals surface area contributed by atoms with E-state index in [9.17, 15) is 9.59 Å². The first-order chi connectivity index (χ1) is 14.5. The molecule has 156 valence electrons. The first-order valence-electron chi connectivity index (χ1n) is 9.49. The van der Waals surface area contributed by atoms with E-state index in [4.69, 9.17) is 11.6 Å². The Bertz CT molecular complexity index is 994. The van der Waals surface area contributed by atoms with Gasteiger partial charge in [0.25, 0.3) is 0 Å². The predicted octanol–water partition coefficient (Wildman–Crippen LogP) is 5.03. The SMILES string of the molecule is CCC(C)C(NC(=O)Nc1ccccc1)C(=O)Nc1nnc(-c2ccc(Cl)cc2)s1. The van der Waals surface area contributed by atoms with Gasteiger partial charge in [0.05, 0.1) is 0 Å². The summed E-state index contributed by atoms with van der Waals surface area (Å²) in [5, 5.41) is 18.1. The molecule has 1 heterocycles. The lowest BCUT2D eigenvalue weighted by atomic mass is 9.98. The summed E-state index contributed by atoms with van der Waals surface area (Å²) in [5.74, 6) is -0.415. The van der Waals surface area contributed by atoms with Crippen molar-refractivity contribution in [1.82, 2.24) is 15.5 Å². The molecular formula is C21H22ClN5O2S. The number of nitrogens with zero attached hydrogens (tertiary/aromatic N) is 2. The Morgan fingerprint density at radius 2 is 1.73 bits per heavy atom. The van der Waals surface area contributed by atoms with Crippen LogP contribution in [0.3, 0.4) is 0 Å². The molecule has 0 aliphatic rings. The Balaban J connectivity index is 1.66. The van der Waals surface area contributed by atoms with Crippen molar-refractivity contribution in [3.63, 3.8) is 0 Å². The van der Waals surface area contributed by atoms with Crippen LogP contribution < -0.4 is 16.0 Å². The molecule has 1 aromatic heterocycles. The first-order valence-corrected chi connectivity index (χ1v) is 10.7. The number of rotatable bonds is 7. The topological polar surface area (TPSA) is 96.0 Å². The number of aromatic nitrogens is 2. The standard InChI is InChI=1S/C21H22ClN5O2S/c1-3-13(2)17(24-20(29)23-16-7-5-4-6-8-16)18(28)25-21-27-26-19(30-21)14-9-11-15(22)12-10-14/h4-13,17H,3H2,1-2H3,(H2,23,24,29)(H,25,27,28). The van der Waals surface area contributed by atoms with E-state index in [1.807, 2.05) is 44.2 Å². The zero-order chi connectivity index (χ0) is 21.5. The van der Waals surface area contributed by atoms with Gasteiger partial charge < -0.3 is 10.6 Å². The molecule has 7 nitrogen and oxygen atoms in total. The zero-order valence-electron chi connectivity index (χ0n) is 16.6. The number of halogens is 1. The molecular weight excluding hydrogens is 422 g/mol. The van der Waals surface area contributed by atoms with E-state index in [1.54, 1.807) is 24.3 Å². The molecule has 2 unspecified atom stereocenters. The highest BCUT2D eigenvalue weighted by Crippen LogP contribution is 2.27. The molecule has 3 amide bonds. The van der Waals surface area contributed by atoms with Crippen LogP contribution in [0.15, 0.2) is 54.6 Å². The van der Waals surface area contributed by atoms with E-state index >= 15 is 0 Å². The Labute approximate surface area is 183 Å². The van der Waals surface area contributed by atoms with Crippen molar-refractivity contribution in [3.8, 4) is 10.6 Å². The minimum atomic E-state index is -0.721. The molecule has 0 saturated heterocycles. The van der Waals surface area contributed by atoms with E-state index in [0.717, 1.165) is 12.0 Å². The molecule has 2 aromatic carbocycles. The maximum Gasteiger partial charge on any atom is 0.319 e. The van der Waals surface area contributed by atoms with Crippen LogP contribution in [-0.2, 0) is 4.79 Å². The molecule has 0 aliphatic carbocycles. The Kier molecular flexibility index (Phi) is 7.37. The van der Waals surface area contributed by atoms with Crippen molar-refractivity contribution in [3.05, 3.63) is 59.6 Å². The number of para-hydroxylation sites is 1. The lowest BCUT2D eigenvalue weighted by Crippen LogP contribution is -2.49. The molecule has 0 saturated carbocycles. The van der Waals surface area contributed by atoms with Crippen LogP contribution in [0, 0.1) is 5.92 Å². The number of carbonyl (C=O) groups is 2. The van der Waals surface area contributed by atoms with Gasteiger partial charge in [-0.05, 0) is 30.2 Å². The van der Waals surface area contributed by atoms with Crippen molar-refractivity contribution in [2.24, 2.45) is 5.92 Å². The number of hydrogen-bond donors (Lipinski definition) is 3. The van der Waals surface area contributed by atoms with Crippen LogP contribution in [0.5, 0.6) is 0 Å². The van der Waals surface area contributed by atoms with Crippen LogP contribution >= 0.6 is 22.9 Å². The Hall–Kier alpha value is -2.97. The number of carbonyl (C=O) groups excluding carboxylic acids is 2. The molecule has 3 rings (SSSR count). The van der Waals surface area contributed by atoms with Gasteiger partial charge in [-0.3, -0.25) is 10.1 Å². The molecule has 9 heteroatoms. The smallest absolute Gasteiger partial charge is 0.319 e. The van der Waals surface area contributed by atoms with Gasteiger partial charge in [-0.1, -0.05) is 73.5 Å². The molecule has 3 aromatic rings. The summed E-state index contributed by atoms with van der Waals surface area (Å²) in [7, 11) is 0. The third-order valence-corrected chi connectivity index (χ3v) is 5.70. The highest BCUT2D eigenvalue weighted by molar-refractivity contribution is 7.18. The quantitative estimate of drug-likeness (QED) is 0.477. The Morgan fingerprint density at radius 1 is 1.03 bits per heavy atom. The summed E-state index contributed by atoms with van der Waals surface area (Å²) < 4.78 is 0. The molecule has 0 bridgehead atoms. The van der Waals surface area contributed by atoms with Crippen molar-refractivity contribution in [2.45, 2.75) is 26.3 Å². The normalized spacial score (nSPS) is 12.6. The minimum Gasteiger partial charge on any atom is -0.326 e. The Morgan fingerprint density at radius 3 is 2.40 bits per heavy atom. The van der Waals surface area contributed by atoms with Gasteiger partial charge in [0.1, 0.15) is 11.0 Å². The van der Waals surface area contributed by atoms with E-state index in [-0.39, 0.29) is 11.8 Å². The lowest BCUT2D eigenvalue weighted by Gasteiger charge is -2.23. The van der Waals surface area contributed by atoms with Crippen LogP contribution in [-0.4, -0.2) is 28.2 Å². The highest BCUT2D eigenvalue weighted by atomic mass is 35.5. The average molecular weight is 444 g/mol. The van der Waals surface area contributed by atoms with Gasteiger partial charge in [-0.2, -0.15) is 0 Å². The molecule has 30 heavy (non-hydrogen) atoms. The van der Waals surface area contributed by atoms with Gasteiger partial charge >= 0.3 is 6.03 Å². The van der Waals surface area contributed by atoms with Crippen LogP contribution in [0.4, 0.5) is 15.6 Å². The van der Waals surface area contributed by atoms with Gasteiger partial charge in [0, 0.05) is 16.3 Å². The highest BCUT2D eigenvalue weighted by Gasteiger charge is 2.27. The van der Waals surface area contributed by atoms with Gasteiger partial charge in [0.2, 0.25) is 11.0 Å². The average Bonchev–Trinajstić information content (AvgIpc) is 3.21. The summed E-state index contributed by atoms with van der Waals surface area (Å²) >= 11 is 7.17. The largest absolute Gasteiger partial charge is 0.326 e. The lowest BCUT2D eigenvalue weighted by molar-refractivity contribution is -0.119. The summed E-state index contributed by atoms with van der Waals surface area (Å²) in [6.07, 6.45) is 0.718. The summed E-state index contributed by atoms with van der Waals surface area (Å²) in [6, 6.07) is 15.1. The van der Waals surface area contributed by atoms with Crippen LogP contribution in [0.25, 0.3) is 10.6 Å². The second kappa shape index (κ2) is 10.2. The van der Waals surface area contributed by atoms with Crippen LogP contribution in [0.2, 0.25) is 5.02 Å². The van der Waals surface area contributed by atoms with E-state index in [0.29, 0.717) is 20.8 Å². The van der Waals surface area contributed by atoms with Crippen molar-refractivity contribution >= 4 is 45.7 Å². The predicted molar refractivity (Wildman–Crippen MR) is 121 cm³/mol. The van der Waals surface area contributed by atoms with Crippen molar-refractivity contribution in [1.29, 1.82) is 0 Å². The molecule has 0 fully saturated rings. The third kappa shape index (κ3) is 5.77. The number of hydrogen-bond acceptors (Lipinski definition) is 5. The fourth-order valence-electron chi connectivity index (χ4n) is 2.70. The monoisotopic (exact) mass is 443 g/mol. The molecule has 3 N–H and O–H groups in total. The van der Waals surface area contributed by atoms with E-state index in [2.05, 4.69) is 26.1 Å². The number of benzene rings is 2. The number of anilines is 2. The van der Waals surface area contributed by atoms with Gasteiger partial charge in [-0.15, -0.1) is 10.2 Å². The van der Waals surface area contributed by atoms with Gasteiger partial charge in [-0.25, -0.2) is 4.79 Å². The number of amides is 3. The molecule has 0 radical (unpaired) electrons. The van der Waals surface area contributed by atoms with E-state index < -0.39 is 12.1 Å².